The van der Waals surface area contributed by atoms with Crippen LogP contribution < -0.4 is 0 Å². The zero-order valence-corrected chi connectivity index (χ0v) is 13.6. The molecule has 1 unspecified atom stereocenters. The van der Waals surface area contributed by atoms with Gasteiger partial charge in [0.1, 0.15) is 24.4 Å². The van der Waals surface area contributed by atoms with Crippen molar-refractivity contribution in [1.29, 1.82) is 0 Å². The quantitative estimate of drug-likeness (QED) is 0.790. The van der Waals surface area contributed by atoms with Crippen LogP contribution in [-0.2, 0) is 26.4 Å². The molecule has 120 valence electrons. The number of nitrogens with zero attached hydrogens (tertiary/aromatic N) is 3. The van der Waals surface area contributed by atoms with Gasteiger partial charge in [-0.2, -0.15) is 13.5 Å². The minimum Gasteiger partial charge on any atom is -0.380 e. The maximum Gasteiger partial charge on any atom is 0.264 e. The van der Waals surface area contributed by atoms with Gasteiger partial charge in [-0.15, -0.1) is 0 Å². The van der Waals surface area contributed by atoms with E-state index in [0.29, 0.717) is 10.6 Å². The lowest BCUT2D eigenvalue weighted by Crippen LogP contribution is -2.44. The summed E-state index contributed by atoms with van der Waals surface area (Å²) in [6.45, 7) is 1.46. The Bertz CT molecular complexity index is 718. The van der Waals surface area contributed by atoms with Crippen LogP contribution in [0.4, 0.5) is 0 Å². The Balaban J connectivity index is 2.40. The Morgan fingerprint density at radius 1 is 1.41 bits per heavy atom. The summed E-state index contributed by atoms with van der Waals surface area (Å²) in [5.41, 5.74) is -1.16. The lowest BCUT2D eigenvalue weighted by molar-refractivity contribution is -0.0711. The van der Waals surface area contributed by atoms with E-state index in [1.807, 2.05) is 0 Å². The van der Waals surface area contributed by atoms with E-state index < -0.39 is 21.8 Å². The molecule has 0 amide bonds. The van der Waals surface area contributed by atoms with Gasteiger partial charge in [0.15, 0.2) is 0 Å². The van der Waals surface area contributed by atoms with E-state index in [1.54, 1.807) is 24.3 Å². The average Bonchev–Trinajstić information content (AvgIpc) is 2.90. The Morgan fingerprint density at radius 3 is 2.55 bits per heavy atom. The van der Waals surface area contributed by atoms with E-state index in [-0.39, 0.29) is 6.54 Å². The third kappa shape index (κ3) is 4.04. The van der Waals surface area contributed by atoms with E-state index in [2.05, 4.69) is 10.1 Å². The summed E-state index contributed by atoms with van der Waals surface area (Å²) in [4.78, 5) is 3.81. The van der Waals surface area contributed by atoms with Crippen molar-refractivity contribution >= 4 is 21.7 Å². The van der Waals surface area contributed by atoms with Crippen molar-refractivity contribution < 1.29 is 17.7 Å². The first-order valence-electron chi connectivity index (χ1n) is 6.40. The van der Waals surface area contributed by atoms with E-state index in [1.165, 1.54) is 24.3 Å². The van der Waals surface area contributed by atoms with Crippen LogP contribution in [0.3, 0.4) is 0 Å². The first kappa shape index (κ1) is 16.9. The lowest BCUT2D eigenvalue weighted by atomic mass is 9.89. The second-order valence-electron chi connectivity index (χ2n) is 4.97. The molecule has 0 spiro atoms. The molecular formula is C13H16ClN3O4S. The highest BCUT2D eigenvalue weighted by molar-refractivity contribution is 7.86. The molecule has 0 fully saturated rings. The molecule has 22 heavy (non-hydrogen) atoms. The molecule has 0 radical (unpaired) electrons. The summed E-state index contributed by atoms with van der Waals surface area (Å²) in [6, 6.07) is 6.44. The summed E-state index contributed by atoms with van der Waals surface area (Å²) in [5, 5.41) is 15.5. The fourth-order valence-corrected chi connectivity index (χ4v) is 2.91. The molecule has 0 saturated carbocycles. The van der Waals surface area contributed by atoms with Gasteiger partial charge in [-0.25, -0.2) is 9.67 Å². The topological polar surface area (TPSA) is 94.3 Å². The van der Waals surface area contributed by atoms with Crippen LogP contribution in [0.15, 0.2) is 36.9 Å². The van der Waals surface area contributed by atoms with Gasteiger partial charge in [0.2, 0.25) is 0 Å². The first-order chi connectivity index (χ1) is 10.2. The minimum atomic E-state index is -3.73. The molecule has 0 aliphatic heterocycles. The fourth-order valence-electron chi connectivity index (χ4n) is 2.10. The van der Waals surface area contributed by atoms with Gasteiger partial charge in [-0.3, -0.25) is 4.18 Å². The summed E-state index contributed by atoms with van der Waals surface area (Å²) in [7, 11) is -3.73. The van der Waals surface area contributed by atoms with Gasteiger partial charge in [-0.1, -0.05) is 23.7 Å². The summed E-state index contributed by atoms with van der Waals surface area (Å²) in [5.74, 6) is 0. The van der Waals surface area contributed by atoms with Crippen LogP contribution in [0.2, 0.25) is 5.02 Å². The summed E-state index contributed by atoms with van der Waals surface area (Å²) in [6.07, 6.45) is 2.65. The van der Waals surface area contributed by atoms with Crippen molar-refractivity contribution in [3.63, 3.8) is 0 Å². The molecule has 0 saturated heterocycles. The molecule has 2 aromatic rings. The Labute approximate surface area is 133 Å². The minimum absolute atomic E-state index is 0.0225. The van der Waals surface area contributed by atoms with Gasteiger partial charge in [-0.05, 0) is 24.6 Å². The van der Waals surface area contributed by atoms with Gasteiger partial charge >= 0.3 is 0 Å². The van der Waals surface area contributed by atoms with Crippen LogP contribution in [0.25, 0.3) is 0 Å². The predicted octanol–water partition coefficient (Wildman–Crippen LogP) is 1.18. The van der Waals surface area contributed by atoms with Crippen molar-refractivity contribution in [2.45, 2.75) is 25.2 Å². The first-order valence-corrected chi connectivity index (χ1v) is 8.59. The van der Waals surface area contributed by atoms with E-state index in [4.69, 9.17) is 15.8 Å². The fraction of sp³-hybridized carbons (Fsp3) is 0.385. The molecule has 1 aromatic carbocycles. The Hall–Kier alpha value is -1.48. The van der Waals surface area contributed by atoms with Crippen molar-refractivity contribution in [2.24, 2.45) is 0 Å². The van der Waals surface area contributed by atoms with Crippen molar-refractivity contribution in [3.8, 4) is 0 Å². The number of aromatic nitrogens is 3. The van der Waals surface area contributed by atoms with Gasteiger partial charge in [0.05, 0.1) is 12.8 Å². The van der Waals surface area contributed by atoms with Crippen LogP contribution in [0, 0.1) is 0 Å². The molecule has 2 atom stereocenters. The Kier molecular flexibility index (Phi) is 4.86. The van der Waals surface area contributed by atoms with Crippen molar-refractivity contribution in [2.75, 3.05) is 6.26 Å². The molecule has 1 heterocycles. The van der Waals surface area contributed by atoms with Gasteiger partial charge in [0.25, 0.3) is 10.1 Å². The standard InChI is InChI=1S/C13H16ClN3O4S/c1-10(21-22(2,19)20)13(18,7-17-9-15-8-16-17)11-3-5-12(14)6-4-11/h3-6,8-10,18H,7H2,1-2H3/t10-,13?/m1/s1. The Morgan fingerprint density at radius 2 is 2.05 bits per heavy atom. The maximum atomic E-state index is 11.4. The van der Waals surface area contributed by atoms with Crippen molar-refractivity contribution in [1.82, 2.24) is 14.8 Å². The molecule has 1 aromatic heterocycles. The molecule has 0 bridgehead atoms. The predicted molar refractivity (Wildman–Crippen MR) is 80.8 cm³/mol. The number of benzene rings is 1. The summed E-state index contributed by atoms with van der Waals surface area (Å²) < 4.78 is 29.1. The molecule has 7 nitrogen and oxygen atoms in total. The number of hydrogen-bond donors (Lipinski definition) is 1. The average molecular weight is 346 g/mol. The molecule has 0 aliphatic rings. The van der Waals surface area contributed by atoms with Gasteiger partial charge in [0, 0.05) is 5.02 Å². The zero-order chi connectivity index (χ0) is 16.4. The highest BCUT2D eigenvalue weighted by atomic mass is 35.5. The largest absolute Gasteiger partial charge is 0.380 e. The lowest BCUT2D eigenvalue weighted by Gasteiger charge is -2.33. The van der Waals surface area contributed by atoms with E-state index >= 15 is 0 Å². The highest BCUT2D eigenvalue weighted by Crippen LogP contribution is 2.30. The molecular weight excluding hydrogens is 330 g/mol. The number of aliphatic hydroxyl groups is 1. The number of rotatable bonds is 6. The zero-order valence-electron chi connectivity index (χ0n) is 12.0. The van der Waals surface area contributed by atoms with Crippen LogP contribution in [-0.4, -0.2) is 40.6 Å². The molecule has 1 N–H and O–H groups in total. The number of halogens is 1. The molecule has 0 aliphatic carbocycles. The van der Waals surface area contributed by atoms with E-state index in [9.17, 15) is 13.5 Å². The maximum absolute atomic E-state index is 11.4. The second-order valence-corrected chi connectivity index (χ2v) is 7.00. The highest BCUT2D eigenvalue weighted by Gasteiger charge is 2.39. The molecule has 2 rings (SSSR count). The third-order valence-electron chi connectivity index (χ3n) is 3.21. The summed E-state index contributed by atoms with van der Waals surface area (Å²) >= 11 is 5.85. The van der Waals surface area contributed by atoms with Crippen LogP contribution >= 0.6 is 11.6 Å². The van der Waals surface area contributed by atoms with Crippen LogP contribution in [0.5, 0.6) is 0 Å². The number of hydrogen-bond acceptors (Lipinski definition) is 6. The van der Waals surface area contributed by atoms with Gasteiger partial charge < -0.3 is 5.11 Å². The molecule has 9 heteroatoms. The smallest absolute Gasteiger partial charge is 0.264 e. The van der Waals surface area contributed by atoms with Crippen molar-refractivity contribution in [3.05, 3.63) is 47.5 Å². The third-order valence-corrected chi connectivity index (χ3v) is 4.10. The SMILES string of the molecule is C[C@@H](OS(C)(=O)=O)C(O)(Cn1cncn1)c1ccc(Cl)cc1. The van der Waals surface area contributed by atoms with Crippen LogP contribution in [0.1, 0.15) is 12.5 Å². The second kappa shape index (κ2) is 6.33. The normalized spacial score (nSPS) is 16.2. The monoisotopic (exact) mass is 345 g/mol. The van der Waals surface area contributed by atoms with E-state index in [0.717, 1.165) is 6.26 Å².